The van der Waals surface area contributed by atoms with E-state index in [-0.39, 0.29) is 16.6 Å². The van der Waals surface area contributed by atoms with Gasteiger partial charge in [0.25, 0.3) is 11.6 Å². The summed E-state index contributed by atoms with van der Waals surface area (Å²) in [6, 6.07) is 4.28. The molecule has 1 aromatic rings. The molecule has 0 spiro atoms. The smallest absolute Gasteiger partial charge is 0.325 e. The van der Waals surface area contributed by atoms with Gasteiger partial charge in [-0.3, -0.25) is 19.7 Å². The van der Waals surface area contributed by atoms with Crippen LogP contribution in [0.15, 0.2) is 29.2 Å². The lowest BCUT2D eigenvalue weighted by Crippen LogP contribution is -2.40. The van der Waals surface area contributed by atoms with Crippen LogP contribution in [0, 0.1) is 10.1 Å². The molecular weight excluding hydrogens is 352 g/mol. The van der Waals surface area contributed by atoms with Crippen molar-refractivity contribution in [1.82, 2.24) is 5.32 Å². The van der Waals surface area contributed by atoms with Crippen LogP contribution in [-0.4, -0.2) is 42.6 Å². The van der Waals surface area contributed by atoms with Crippen LogP contribution in [-0.2, 0) is 24.2 Å². The van der Waals surface area contributed by atoms with Gasteiger partial charge in [-0.15, -0.1) is 0 Å². The van der Waals surface area contributed by atoms with Crippen LogP contribution in [0.5, 0.6) is 0 Å². The van der Waals surface area contributed by atoms with Gasteiger partial charge in [0.1, 0.15) is 0 Å². The van der Waals surface area contributed by atoms with Gasteiger partial charge in [-0.1, -0.05) is 0 Å². The second kappa shape index (κ2) is 7.18. The van der Waals surface area contributed by atoms with Crippen molar-refractivity contribution in [3.63, 3.8) is 0 Å². The monoisotopic (exact) mass is 370 g/mol. The molecule has 1 saturated carbocycles. The summed E-state index contributed by atoms with van der Waals surface area (Å²) in [5.41, 5.74) is -0.264. The minimum atomic E-state index is -4.09. The number of nitrogens with one attached hydrogen (secondary N) is 1. The van der Waals surface area contributed by atoms with Gasteiger partial charge >= 0.3 is 5.97 Å². The molecule has 10 heteroatoms. The number of ether oxygens (including phenoxy) is 1. The third-order valence-electron chi connectivity index (χ3n) is 3.76. The van der Waals surface area contributed by atoms with E-state index in [2.05, 4.69) is 5.32 Å². The molecular formula is C15H18N2O7S. The van der Waals surface area contributed by atoms with E-state index in [0.717, 1.165) is 44.0 Å². The summed E-state index contributed by atoms with van der Waals surface area (Å²) < 4.78 is 29.8. The summed E-state index contributed by atoms with van der Waals surface area (Å²) in [5.74, 6) is -1.53. The van der Waals surface area contributed by atoms with Crippen molar-refractivity contribution >= 4 is 27.4 Å². The van der Waals surface area contributed by atoms with Gasteiger partial charge in [-0.05, 0) is 38.8 Å². The van der Waals surface area contributed by atoms with Gasteiger partial charge < -0.3 is 10.1 Å². The average molecular weight is 370 g/mol. The third-order valence-corrected chi connectivity index (χ3v) is 5.81. The Morgan fingerprint density at radius 2 is 1.80 bits per heavy atom. The summed E-state index contributed by atoms with van der Waals surface area (Å²) in [6.45, 7) is 2.51. The molecule has 1 aliphatic rings. The van der Waals surface area contributed by atoms with Gasteiger partial charge in [0.15, 0.2) is 21.2 Å². The number of benzene rings is 1. The lowest BCUT2D eigenvalue weighted by molar-refractivity contribution is -0.384. The molecule has 136 valence electrons. The number of sulfone groups is 1. The molecule has 0 unspecified atom stereocenters. The second-order valence-corrected chi connectivity index (χ2v) is 8.07. The number of non-ortho nitro benzene ring substituents is 1. The third kappa shape index (κ3) is 4.53. The van der Waals surface area contributed by atoms with E-state index in [4.69, 9.17) is 4.74 Å². The SMILES string of the molecule is C[C@H](C(=O)O[C@H](C)C(=O)NC1CC1)S(=O)(=O)c1ccc([N+](=O)[O-])cc1. The quantitative estimate of drug-likeness (QED) is 0.429. The zero-order valence-corrected chi connectivity index (χ0v) is 14.5. The van der Waals surface area contributed by atoms with Crippen molar-refractivity contribution in [2.45, 2.75) is 49.0 Å². The maximum Gasteiger partial charge on any atom is 0.325 e. The predicted octanol–water partition coefficient (Wildman–Crippen LogP) is 0.967. The molecule has 1 amide bonds. The highest BCUT2D eigenvalue weighted by atomic mass is 32.2. The lowest BCUT2D eigenvalue weighted by atomic mass is 10.3. The standard InChI is InChI=1S/C15H18N2O7S/c1-9(14(18)16-11-3-4-11)24-15(19)10(2)25(22,23)13-7-5-12(6-8-13)17(20)21/h5-11H,3-4H2,1-2H3,(H,16,18)/t9-,10-/m1/s1. The van der Waals surface area contributed by atoms with Crippen LogP contribution in [0.2, 0.25) is 0 Å². The summed E-state index contributed by atoms with van der Waals surface area (Å²) in [6.07, 6.45) is 0.636. The molecule has 1 N–H and O–H groups in total. The van der Waals surface area contributed by atoms with E-state index in [1.165, 1.54) is 6.92 Å². The Morgan fingerprint density at radius 3 is 2.28 bits per heavy atom. The van der Waals surface area contributed by atoms with Gasteiger partial charge in [-0.2, -0.15) is 0 Å². The minimum Gasteiger partial charge on any atom is -0.452 e. The van der Waals surface area contributed by atoms with Crippen molar-refractivity contribution < 1.29 is 27.7 Å². The first-order valence-electron chi connectivity index (χ1n) is 7.62. The topological polar surface area (TPSA) is 133 Å². The van der Waals surface area contributed by atoms with Crippen molar-refractivity contribution in [2.75, 3.05) is 0 Å². The predicted molar refractivity (Wildman–Crippen MR) is 86.5 cm³/mol. The van der Waals surface area contributed by atoms with Crippen LogP contribution in [0.25, 0.3) is 0 Å². The minimum absolute atomic E-state index is 0.0925. The highest BCUT2D eigenvalue weighted by Gasteiger charge is 2.34. The fraction of sp³-hybridized carbons (Fsp3) is 0.467. The van der Waals surface area contributed by atoms with Crippen molar-refractivity contribution in [3.8, 4) is 0 Å². The number of rotatable bonds is 7. The maximum atomic E-state index is 12.4. The highest BCUT2D eigenvalue weighted by molar-refractivity contribution is 7.92. The van der Waals surface area contributed by atoms with E-state index in [1.807, 2.05) is 0 Å². The number of hydrogen-bond donors (Lipinski definition) is 1. The molecule has 0 aromatic heterocycles. The van der Waals surface area contributed by atoms with E-state index >= 15 is 0 Å². The highest BCUT2D eigenvalue weighted by Crippen LogP contribution is 2.21. The molecule has 2 atom stereocenters. The number of nitro benzene ring substituents is 1. The molecule has 0 heterocycles. The molecule has 1 fully saturated rings. The summed E-state index contributed by atoms with van der Waals surface area (Å²) in [5, 5.41) is 11.7. The number of amides is 1. The molecule has 0 aliphatic heterocycles. The van der Waals surface area contributed by atoms with E-state index in [0.29, 0.717) is 0 Å². The van der Waals surface area contributed by atoms with Crippen LogP contribution in [0.4, 0.5) is 5.69 Å². The van der Waals surface area contributed by atoms with Gasteiger partial charge in [0, 0.05) is 18.2 Å². The molecule has 0 saturated heterocycles. The van der Waals surface area contributed by atoms with E-state index in [1.54, 1.807) is 0 Å². The first kappa shape index (κ1) is 18.8. The summed E-state index contributed by atoms with van der Waals surface area (Å²) in [7, 11) is -4.09. The molecule has 0 radical (unpaired) electrons. The fourth-order valence-corrected chi connectivity index (χ4v) is 3.19. The number of nitro groups is 1. The van der Waals surface area contributed by atoms with Gasteiger partial charge in [0.2, 0.25) is 0 Å². The van der Waals surface area contributed by atoms with Crippen molar-refractivity contribution in [2.24, 2.45) is 0 Å². The molecule has 1 aliphatic carbocycles. The Bertz CT molecular complexity index is 785. The van der Waals surface area contributed by atoms with E-state index in [9.17, 15) is 28.1 Å². The largest absolute Gasteiger partial charge is 0.452 e. The molecule has 0 bridgehead atoms. The summed E-state index contributed by atoms with van der Waals surface area (Å²) >= 11 is 0. The number of carbonyl (C=O) groups excluding carboxylic acids is 2. The molecule has 2 rings (SSSR count). The Kier molecular flexibility index (Phi) is 5.41. The number of carbonyl (C=O) groups is 2. The Labute approximate surface area is 144 Å². The van der Waals surface area contributed by atoms with E-state index < -0.39 is 38.0 Å². The van der Waals surface area contributed by atoms with Gasteiger partial charge in [-0.25, -0.2) is 8.42 Å². The molecule has 1 aromatic carbocycles. The molecule has 25 heavy (non-hydrogen) atoms. The van der Waals surface area contributed by atoms with Gasteiger partial charge in [0.05, 0.1) is 9.82 Å². The van der Waals surface area contributed by atoms with Crippen LogP contribution in [0.3, 0.4) is 0 Å². The Morgan fingerprint density at radius 1 is 1.24 bits per heavy atom. The summed E-state index contributed by atoms with van der Waals surface area (Å²) in [4.78, 5) is 33.6. The fourth-order valence-electron chi connectivity index (χ4n) is 1.96. The number of nitrogens with zero attached hydrogens (tertiary/aromatic N) is 1. The molecule has 9 nitrogen and oxygen atoms in total. The van der Waals surface area contributed by atoms with Crippen LogP contribution < -0.4 is 5.32 Å². The first-order valence-corrected chi connectivity index (χ1v) is 9.16. The Hall–Kier alpha value is -2.49. The van der Waals surface area contributed by atoms with Crippen molar-refractivity contribution in [1.29, 1.82) is 0 Å². The zero-order chi connectivity index (χ0) is 18.8. The maximum absolute atomic E-state index is 12.4. The van der Waals surface area contributed by atoms with Crippen LogP contribution in [0.1, 0.15) is 26.7 Å². The number of hydrogen-bond acceptors (Lipinski definition) is 7. The normalized spacial score (nSPS) is 16.6. The second-order valence-electron chi connectivity index (χ2n) is 5.80. The lowest BCUT2D eigenvalue weighted by Gasteiger charge is -2.17. The zero-order valence-electron chi connectivity index (χ0n) is 13.7. The first-order chi connectivity index (χ1) is 11.6. The number of esters is 1. The Balaban J connectivity index is 2.05. The van der Waals surface area contributed by atoms with Crippen LogP contribution >= 0.6 is 0 Å². The van der Waals surface area contributed by atoms with Crippen molar-refractivity contribution in [3.05, 3.63) is 34.4 Å². The average Bonchev–Trinajstić information content (AvgIpc) is 3.37.